The van der Waals surface area contributed by atoms with Crippen LogP contribution in [0.4, 0.5) is 0 Å². The molecule has 4 nitrogen and oxygen atoms in total. The van der Waals surface area contributed by atoms with E-state index in [1.807, 2.05) is 17.7 Å². The summed E-state index contributed by atoms with van der Waals surface area (Å²) in [5.74, 6) is 0.0489. The van der Waals surface area contributed by atoms with Crippen molar-refractivity contribution in [3.63, 3.8) is 0 Å². The number of hydrogen-bond donors (Lipinski definition) is 0. The largest absolute Gasteiger partial charge is 0.444 e. The lowest BCUT2D eigenvalue weighted by molar-refractivity contribution is -0.147. The Morgan fingerprint density at radius 3 is 2.78 bits per heavy atom. The van der Waals surface area contributed by atoms with E-state index in [1.54, 1.807) is 6.33 Å². The van der Waals surface area contributed by atoms with Gasteiger partial charge in [0.15, 0.2) is 6.73 Å². The Kier molecular flexibility index (Phi) is 7.30. The van der Waals surface area contributed by atoms with Crippen molar-refractivity contribution in [1.82, 2.24) is 9.55 Å². The van der Waals surface area contributed by atoms with Gasteiger partial charge < -0.3 is 9.30 Å². The third-order valence-electron chi connectivity index (χ3n) is 4.04. The van der Waals surface area contributed by atoms with Crippen molar-refractivity contribution in [3.05, 3.63) is 53.1 Å². The Morgan fingerprint density at radius 1 is 1.35 bits per heavy atom. The molecule has 0 bridgehead atoms. The van der Waals surface area contributed by atoms with Gasteiger partial charge in [-0.3, -0.25) is 4.79 Å². The molecule has 1 aromatic carbocycles. The molecule has 0 saturated carbocycles. The number of esters is 1. The van der Waals surface area contributed by atoms with Crippen LogP contribution in [0.25, 0.3) is 0 Å². The van der Waals surface area contributed by atoms with Gasteiger partial charge >= 0.3 is 5.97 Å². The summed E-state index contributed by atoms with van der Waals surface area (Å²) in [6.07, 6.45) is 4.93. The average Bonchev–Trinajstić information content (AvgIpc) is 2.96. The van der Waals surface area contributed by atoms with Crippen molar-refractivity contribution in [3.8, 4) is 0 Å². The smallest absolute Gasteiger partial charge is 0.307 e. The van der Waals surface area contributed by atoms with Gasteiger partial charge in [-0.05, 0) is 37.0 Å². The Balaban J connectivity index is 0.00000264. The molecular weight excluding hydrogens is 312 g/mol. The minimum absolute atomic E-state index is 0. The number of carbonyl (C=O) groups is 1. The molecule has 5 heteroatoms. The number of imidazole rings is 1. The fraction of sp³-hybridized carbons (Fsp3) is 0.444. The molecule has 126 valence electrons. The van der Waals surface area contributed by atoms with Gasteiger partial charge in [0.2, 0.25) is 0 Å². The van der Waals surface area contributed by atoms with E-state index in [-0.39, 0.29) is 31.0 Å². The predicted molar refractivity (Wildman–Crippen MR) is 93.9 cm³/mol. The highest BCUT2D eigenvalue weighted by Gasteiger charge is 2.14. The number of nitrogens with zero attached hydrogens (tertiary/aromatic N) is 2. The van der Waals surface area contributed by atoms with E-state index < -0.39 is 0 Å². The topological polar surface area (TPSA) is 44.1 Å². The molecule has 0 radical (unpaired) electrons. The fourth-order valence-electron chi connectivity index (χ4n) is 2.50. The Morgan fingerprint density at radius 2 is 2.09 bits per heavy atom. The summed E-state index contributed by atoms with van der Waals surface area (Å²) in [6, 6.07) is 6.35. The molecule has 0 spiro atoms. The monoisotopic (exact) mass is 336 g/mol. The molecule has 0 amide bonds. The van der Waals surface area contributed by atoms with Gasteiger partial charge in [-0.25, -0.2) is 4.98 Å². The van der Waals surface area contributed by atoms with Crippen LogP contribution in [-0.4, -0.2) is 15.5 Å². The second-order valence-electron chi connectivity index (χ2n) is 5.72. The highest BCUT2D eigenvalue weighted by Crippen LogP contribution is 2.27. The highest BCUT2D eigenvalue weighted by atomic mass is 35.5. The second kappa shape index (κ2) is 8.73. The molecule has 2 rings (SSSR count). The van der Waals surface area contributed by atoms with Crippen LogP contribution in [0, 0.1) is 13.8 Å². The normalized spacial score (nSPS) is 11.7. The van der Waals surface area contributed by atoms with Gasteiger partial charge in [0.1, 0.15) is 0 Å². The van der Waals surface area contributed by atoms with E-state index in [4.69, 9.17) is 4.74 Å². The van der Waals surface area contributed by atoms with Crippen LogP contribution >= 0.6 is 12.4 Å². The minimum Gasteiger partial charge on any atom is -0.444 e. The highest BCUT2D eigenvalue weighted by molar-refractivity contribution is 5.85. The standard InChI is InChI=1S/C18H24N2O2.ClH/c1-5-7-18(21)22-12-20-10-17(19-11-20)15(4)16-9-6-8-13(2)14(16)3;/h6,8-11,15H,5,7,12H2,1-4H3;1H/t15-;/m0./s1. The number of benzene rings is 1. The minimum atomic E-state index is -0.166. The molecular formula is C18H25ClN2O2. The second-order valence-corrected chi connectivity index (χ2v) is 5.72. The van der Waals surface area contributed by atoms with E-state index >= 15 is 0 Å². The summed E-state index contributed by atoms with van der Waals surface area (Å²) in [5, 5.41) is 0. The van der Waals surface area contributed by atoms with Crippen LogP contribution in [0.2, 0.25) is 0 Å². The molecule has 0 aliphatic carbocycles. The van der Waals surface area contributed by atoms with E-state index in [1.165, 1.54) is 16.7 Å². The summed E-state index contributed by atoms with van der Waals surface area (Å²) in [5.41, 5.74) is 4.87. The Hall–Kier alpha value is -1.81. The van der Waals surface area contributed by atoms with Gasteiger partial charge in [0.25, 0.3) is 0 Å². The Labute approximate surface area is 144 Å². The van der Waals surface area contributed by atoms with Crippen LogP contribution in [0.15, 0.2) is 30.7 Å². The molecule has 1 atom stereocenters. The van der Waals surface area contributed by atoms with Crippen LogP contribution in [-0.2, 0) is 16.3 Å². The molecule has 0 fully saturated rings. The molecule has 23 heavy (non-hydrogen) atoms. The zero-order chi connectivity index (χ0) is 16.1. The zero-order valence-corrected chi connectivity index (χ0v) is 15.0. The summed E-state index contributed by atoms with van der Waals surface area (Å²) in [4.78, 5) is 15.9. The Bertz CT molecular complexity index is 652. The van der Waals surface area contributed by atoms with E-state index in [0.29, 0.717) is 6.42 Å². The number of hydrogen-bond acceptors (Lipinski definition) is 3. The first-order valence-electron chi connectivity index (χ1n) is 7.76. The van der Waals surface area contributed by atoms with Gasteiger partial charge in [-0.2, -0.15) is 0 Å². The van der Waals surface area contributed by atoms with Crippen molar-refractivity contribution in [2.75, 3.05) is 0 Å². The van der Waals surface area contributed by atoms with Crippen LogP contribution < -0.4 is 0 Å². The lowest BCUT2D eigenvalue weighted by Crippen LogP contribution is -2.07. The van der Waals surface area contributed by atoms with Crippen molar-refractivity contribution < 1.29 is 9.53 Å². The summed E-state index contributed by atoms with van der Waals surface area (Å²) in [6.45, 7) is 8.60. The predicted octanol–water partition coefficient (Wildman–Crippen LogP) is 4.37. The van der Waals surface area contributed by atoms with E-state index in [2.05, 4.69) is 44.0 Å². The van der Waals surface area contributed by atoms with E-state index in [9.17, 15) is 4.79 Å². The molecule has 1 aromatic heterocycles. The number of carbonyl (C=O) groups excluding carboxylic acids is 1. The first-order chi connectivity index (χ1) is 10.5. The average molecular weight is 337 g/mol. The van der Waals surface area contributed by atoms with Crippen molar-refractivity contribution in [1.29, 1.82) is 0 Å². The maximum atomic E-state index is 11.4. The van der Waals surface area contributed by atoms with Crippen molar-refractivity contribution in [2.24, 2.45) is 0 Å². The molecule has 0 N–H and O–H groups in total. The van der Waals surface area contributed by atoms with Crippen molar-refractivity contribution in [2.45, 2.75) is 53.2 Å². The number of halogens is 1. The molecule has 0 saturated heterocycles. The maximum absolute atomic E-state index is 11.4. The molecule has 0 aliphatic heterocycles. The number of ether oxygens (including phenoxy) is 1. The van der Waals surface area contributed by atoms with Gasteiger partial charge in [0.05, 0.1) is 12.0 Å². The lowest BCUT2D eigenvalue weighted by Gasteiger charge is -2.14. The number of aryl methyl sites for hydroxylation is 1. The molecule has 0 aliphatic rings. The third-order valence-corrected chi connectivity index (χ3v) is 4.04. The number of rotatable bonds is 6. The zero-order valence-electron chi connectivity index (χ0n) is 14.2. The van der Waals surface area contributed by atoms with Crippen LogP contribution in [0.1, 0.15) is 55.0 Å². The third kappa shape index (κ3) is 4.83. The SMILES string of the molecule is CCCC(=O)OCn1cnc([C@@H](C)c2cccc(C)c2C)c1.Cl. The first kappa shape index (κ1) is 19.2. The maximum Gasteiger partial charge on any atom is 0.307 e. The van der Waals surface area contributed by atoms with Gasteiger partial charge in [-0.1, -0.05) is 32.0 Å². The summed E-state index contributed by atoms with van der Waals surface area (Å²) < 4.78 is 7.00. The van der Waals surface area contributed by atoms with Gasteiger partial charge in [0, 0.05) is 18.5 Å². The molecule has 1 heterocycles. The molecule has 0 unspecified atom stereocenters. The van der Waals surface area contributed by atoms with Gasteiger partial charge in [-0.15, -0.1) is 12.4 Å². The fourth-order valence-corrected chi connectivity index (χ4v) is 2.50. The van der Waals surface area contributed by atoms with Crippen LogP contribution in [0.5, 0.6) is 0 Å². The lowest BCUT2D eigenvalue weighted by atomic mass is 9.92. The van der Waals surface area contributed by atoms with Crippen LogP contribution in [0.3, 0.4) is 0 Å². The molecule has 2 aromatic rings. The summed E-state index contributed by atoms with van der Waals surface area (Å²) >= 11 is 0. The van der Waals surface area contributed by atoms with E-state index in [0.717, 1.165) is 12.1 Å². The summed E-state index contributed by atoms with van der Waals surface area (Å²) in [7, 11) is 0. The number of aromatic nitrogens is 2. The first-order valence-corrected chi connectivity index (χ1v) is 7.76. The quantitative estimate of drug-likeness (QED) is 0.735. The van der Waals surface area contributed by atoms with Crippen molar-refractivity contribution >= 4 is 18.4 Å².